The molecule has 1 rings (SSSR count). The van der Waals surface area contributed by atoms with E-state index in [9.17, 15) is 13.6 Å². The fourth-order valence-electron chi connectivity index (χ4n) is 1.01. The number of nitrogens with zero attached hydrogens (tertiary/aromatic N) is 1. The van der Waals surface area contributed by atoms with E-state index in [1.54, 1.807) is 0 Å². The van der Waals surface area contributed by atoms with Crippen LogP contribution in [-0.4, -0.2) is 35.1 Å². The molecule has 4 N–H and O–H groups in total. The lowest BCUT2D eigenvalue weighted by atomic mass is 10.2. The number of carbonyl (C=O) groups is 1. The highest BCUT2D eigenvalue weighted by atomic mass is 19.3. The summed E-state index contributed by atoms with van der Waals surface area (Å²) in [5.41, 5.74) is 5.05. The smallest absolute Gasteiger partial charge is 0.287 e. The molecule has 0 atom stereocenters. The Balaban J connectivity index is 2.78. The minimum atomic E-state index is -3.27. The van der Waals surface area contributed by atoms with Crippen LogP contribution in [0.25, 0.3) is 0 Å². The molecule has 0 unspecified atom stereocenters. The molecule has 0 saturated carbocycles. The van der Waals surface area contributed by atoms with Crippen molar-refractivity contribution in [2.45, 2.75) is 5.92 Å². The van der Waals surface area contributed by atoms with Gasteiger partial charge in [0.1, 0.15) is 12.4 Å². The third kappa shape index (κ3) is 3.13. The Bertz CT molecular complexity index is 385. The number of primary amides is 1. The maximum absolute atomic E-state index is 12.7. The predicted molar refractivity (Wildman–Crippen MR) is 53.3 cm³/mol. The van der Waals surface area contributed by atoms with Gasteiger partial charge in [-0.1, -0.05) is 0 Å². The van der Waals surface area contributed by atoms with Gasteiger partial charge < -0.3 is 16.2 Å². The van der Waals surface area contributed by atoms with Crippen LogP contribution in [-0.2, 0) is 0 Å². The van der Waals surface area contributed by atoms with Crippen LogP contribution in [0.4, 0.5) is 14.6 Å². The van der Waals surface area contributed by atoms with Crippen molar-refractivity contribution in [3.05, 3.63) is 23.9 Å². The molecular weight excluding hydrogens is 220 g/mol. The van der Waals surface area contributed by atoms with E-state index in [1.165, 1.54) is 18.3 Å². The van der Waals surface area contributed by atoms with E-state index in [0.29, 0.717) is 0 Å². The SMILES string of the molecule is NC(=O)c1cccnc1NCC(F)(F)CO. The number of nitrogens with one attached hydrogen (secondary N) is 1. The van der Waals surface area contributed by atoms with Crippen LogP contribution < -0.4 is 11.1 Å². The molecule has 1 aromatic heterocycles. The van der Waals surface area contributed by atoms with E-state index in [2.05, 4.69) is 10.3 Å². The van der Waals surface area contributed by atoms with Crippen molar-refractivity contribution in [1.29, 1.82) is 0 Å². The number of pyridine rings is 1. The van der Waals surface area contributed by atoms with Gasteiger partial charge >= 0.3 is 0 Å². The maximum Gasteiger partial charge on any atom is 0.287 e. The number of aliphatic hydroxyl groups is 1. The van der Waals surface area contributed by atoms with Crippen LogP contribution >= 0.6 is 0 Å². The van der Waals surface area contributed by atoms with Crippen molar-refractivity contribution in [3.63, 3.8) is 0 Å². The van der Waals surface area contributed by atoms with Crippen molar-refractivity contribution in [1.82, 2.24) is 4.98 Å². The average molecular weight is 231 g/mol. The molecule has 0 aliphatic heterocycles. The standard InChI is InChI=1S/C9H11F2N3O2/c10-9(11,5-15)4-14-8-6(7(12)16)2-1-3-13-8/h1-3,15H,4-5H2,(H2,12,16)(H,13,14). The molecule has 1 aromatic rings. The lowest BCUT2D eigenvalue weighted by Gasteiger charge is -2.15. The number of alkyl halides is 2. The molecule has 16 heavy (non-hydrogen) atoms. The van der Waals surface area contributed by atoms with Gasteiger partial charge in [-0.15, -0.1) is 0 Å². The van der Waals surface area contributed by atoms with Crippen LogP contribution in [0.3, 0.4) is 0 Å². The first-order chi connectivity index (χ1) is 7.46. The first kappa shape index (κ1) is 12.3. The molecule has 1 amide bonds. The molecule has 88 valence electrons. The number of nitrogens with two attached hydrogens (primary N) is 1. The molecule has 0 fully saturated rings. The van der Waals surface area contributed by atoms with Crippen molar-refractivity contribution in [2.75, 3.05) is 18.5 Å². The molecule has 1 heterocycles. The topological polar surface area (TPSA) is 88.2 Å². The fraction of sp³-hybridized carbons (Fsp3) is 0.333. The minimum absolute atomic E-state index is 0.0243. The molecule has 5 nitrogen and oxygen atoms in total. The van der Waals surface area contributed by atoms with Crippen molar-refractivity contribution in [2.24, 2.45) is 5.73 Å². The fourth-order valence-corrected chi connectivity index (χ4v) is 1.01. The predicted octanol–water partition coefficient (Wildman–Crippen LogP) is 0.220. The van der Waals surface area contributed by atoms with E-state index in [1.807, 2.05) is 0 Å². The van der Waals surface area contributed by atoms with E-state index in [4.69, 9.17) is 10.8 Å². The normalized spacial score (nSPS) is 11.2. The highest BCUT2D eigenvalue weighted by Gasteiger charge is 2.27. The molecule has 0 radical (unpaired) electrons. The molecular formula is C9H11F2N3O2. The molecule has 0 saturated heterocycles. The van der Waals surface area contributed by atoms with Gasteiger partial charge in [0.05, 0.1) is 12.1 Å². The Morgan fingerprint density at radius 2 is 2.31 bits per heavy atom. The highest BCUT2D eigenvalue weighted by Crippen LogP contribution is 2.15. The Labute approximate surface area is 90.3 Å². The molecule has 7 heteroatoms. The number of amides is 1. The Kier molecular flexibility index (Phi) is 3.73. The van der Waals surface area contributed by atoms with Gasteiger partial charge in [0.2, 0.25) is 0 Å². The second-order valence-corrected chi connectivity index (χ2v) is 3.13. The number of hydrogen-bond acceptors (Lipinski definition) is 4. The van der Waals surface area contributed by atoms with Crippen molar-refractivity contribution >= 4 is 11.7 Å². The molecule has 0 aliphatic rings. The summed E-state index contributed by atoms with van der Waals surface area (Å²) in [5, 5.41) is 10.6. The summed E-state index contributed by atoms with van der Waals surface area (Å²) >= 11 is 0. The summed E-state index contributed by atoms with van der Waals surface area (Å²) in [4.78, 5) is 14.6. The van der Waals surface area contributed by atoms with Crippen LogP contribution in [0.5, 0.6) is 0 Å². The third-order valence-electron chi connectivity index (χ3n) is 1.82. The molecule has 0 spiro atoms. The van der Waals surface area contributed by atoms with E-state index in [0.717, 1.165) is 0 Å². The maximum atomic E-state index is 12.7. The summed E-state index contributed by atoms with van der Waals surface area (Å²) in [6.45, 7) is -2.10. The van der Waals surface area contributed by atoms with Gasteiger partial charge in [-0.2, -0.15) is 0 Å². The number of carbonyl (C=O) groups excluding carboxylic acids is 1. The lowest BCUT2D eigenvalue weighted by molar-refractivity contribution is -0.0373. The zero-order valence-electron chi connectivity index (χ0n) is 8.28. The van der Waals surface area contributed by atoms with E-state index < -0.39 is 25.0 Å². The summed E-state index contributed by atoms with van der Waals surface area (Å²) < 4.78 is 25.4. The Morgan fingerprint density at radius 1 is 1.62 bits per heavy atom. The average Bonchev–Trinajstić information content (AvgIpc) is 2.27. The number of halogens is 2. The van der Waals surface area contributed by atoms with Gasteiger partial charge in [-0.05, 0) is 12.1 Å². The number of aliphatic hydroxyl groups excluding tert-OH is 1. The van der Waals surface area contributed by atoms with Crippen molar-refractivity contribution < 1.29 is 18.7 Å². The molecule has 0 aromatic carbocycles. The van der Waals surface area contributed by atoms with Crippen LogP contribution in [0.1, 0.15) is 10.4 Å². The first-order valence-electron chi connectivity index (χ1n) is 4.43. The van der Waals surface area contributed by atoms with Crippen molar-refractivity contribution in [3.8, 4) is 0 Å². The summed E-state index contributed by atoms with van der Waals surface area (Å²) in [6, 6.07) is 2.84. The highest BCUT2D eigenvalue weighted by molar-refractivity contribution is 5.97. The van der Waals surface area contributed by atoms with Gasteiger partial charge in [-0.3, -0.25) is 4.79 Å². The summed E-state index contributed by atoms with van der Waals surface area (Å²) in [6.07, 6.45) is 1.34. The second kappa shape index (κ2) is 4.84. The quantitative estimate of drug-likeness (QED) is 0.676. The molecule has 0 bridgehead atoms. The van der Waals surface area contributed by atoms with Gasteiger partial charge in [-0.25, -0.2) is 13.8 Å². The minimum Gasteiger partial charge on any atom is -0.390 e. The summed E-state index contributed by atoms with van der Waals surface area (Å²) in [5.74, 6) is -4.06. The third-order valence-corrected chi connectivity index (χ3v) is 1.82. The monoisotopic (exact) mass is 231 g/mol. The first-order valence-corrected chi connectivity index (χ1v) is 4.43. The Morgan fingerprint density at radius 3 is 2.88 bits per heavy atom. The van der Waals surface area contributed by atoms with Gasteiger partial charge in [0.25, 0.3) is 11.8 Å². The lowest BCUT2D eigenvalue weighted by Crippen LogP contribution is -2.32. The van der Waals surface area contributed by atoms with Crippen LogP contribution in [0.2, 0.25) is 0 Å². The van der Waals surface area contributed by atoms with Gasteiger partial charge in [0, 0.05) is 6.20 Å². The largest absolute Gasteiger partial charge is 0.390 e. The zero-order chi connectivity index (χ0) is 12.2. The zero-order valence-corrected chi connectivity index (χ0v) is 8.28. The molecule has 0 aliphatic carbocycles. The second-order valence-electron chi connectivity index (χ2n) is 3.13. The number of anilines is 1. The number of aromatic nitrogens is 1. The summed E-state index contributed by atoms with van der Waals surface area (Å²) in [7, 11) is 0. The van der Waals surface area contributed by atoms with Gasteiger partial charge in [0.15, 0.2) is 0 Å². The van der Waals surface area contributed by atoms with E-state index >= 15 is 0 Å². The van der Waals surface area contributed by atoms with E-state index in [-0.39, 0.29) is 11.4 Å². The number of rotatable bonds is 5. The Hall–Kier alpha value is -1.76. The van der Waals surface area contributed by atoms with Crippen LogP contribution in [0.15, 0.2) is 18.3 Å². The number of hydrogen-bond donors (Lipinski definition) is 3. The van der Waals surface area contributed by atoms with Crippen LogP contribution in [0, 0.1) is 0 Å².